The summed E-state index contributed by atoms with van der Waals surface area (Å²) < 4.78 is 0. The van der Waals surface area contributed by atoms with Crippen LogP contribution < -0.4 is 21.3 Å². The maximum absolute atomic E-state index is 12.7. The molecule has 31 heavy (non-hydrogen) atoms. The predicted molar refractivity (Wildman–Crippen MR) is 116 cm³/mol. The Morgan fingerprint density at radius 1 is 1.00 bits per heavy atom. The number of hydrogen-bond donors (Lipinski definition) is 4. The zero-order chi connectivity index (χ0) is 20.9. The third-order valence-electron chi connectivity index (χ3n) is 6.37. The van der Waals surface area contributed by atoms with Crippen molar-refractivity contribution in [2.75, 3.05) is 30.3 Å². The van der Waals surface area contributed by atoms with Gasteiger partial charge in [0.1, 0.15) is 5.71 Å². The Morgan fingerprint density at radius 2 is 1.68 bits per heavy atom. The first kappa shape index (κ1) is 18.1. The Hall–Kier alpha value is -3.65. The van der Waals surface area contributed by atoms with Gasteiger partial charge >= 0.3 is 0 Å². The van der Waals surface area contributed by atoms with Crippen LogP contribution in [0, 0.1) is 11.8 Å². The van der Waals surface area contributed by atoms with Crippen molar-refractivity contribution in [3.05, 3.63) is 65.4 Å². The molecule has 2 aromatic rings. The molecule has 6 rings (SSSR count). The van der Waals surface area contributed by atoms with Gasteiger partial charge < -0.3 is 26.1 Å². The highest BCUT2D eigenvalue weighted by atomic mass is 16.6. The van der Waals surface area contributed by atoms with Gasteiger partial charge in [0.2, 0.25) is 0 Å². The second kappa shape index (κ2) is 6.95. The summed E-state index contributed by atoms with van der Waals surface area (Å²) in [5.41, 5.74) is 4.83. The molecular weight excluding hydrogens is 394 g/mol. The van der Waals surface area contributed by atoms with Crippen molar-refractivity contribution in [1.82, 2.24) is 10.6 Å². The van der Waals surface area contributed by atoms with Crippen molar-refractivity contribution < 1.29 is 14.4 Å². The van der Waals surface area contributed by atoms with E-state index in [4.69, 9.17) is 4.84 Å². The number of piperidine rings is 1. The van der Waals surface area contributed by atoms with Crippen LogP contribution in [-0.4, -0.2) is 43.3 Å². The molecule has 3 heterocycles. The molecule has 1 saturated heterocycles. The van der Waals surface area contributed by atoms with Crippen LogP contribution in [0.1, 0.15) is 11.1 Å². The fraction of sp³-hybridized carbons (Fsp3) is 0.261. The number of carbonyl (C=O) groups is 2. The van der Waals surface area contributed by atoms with Crippen molar-refractivity contribution in [3.63, 3.8) is 0 Å². The summed E-state index contributed by atoms with van der Waals surface area (Å²) in [6.45, 7) is 1.75. The number of anilines is 2. The number of nitrogens with one attached hydrogen (secondary N) is 4. The second-order valence-corrected chi connectivity index (χ2v) is 8.21. The first-order valence-corrected chi connectivity index (χ1v) is 10.4. The SMILES string of the molecule is O=C(CO/N=C1/C(=C2/C(=O)Nc3ccccc32)Nc2ccccc21)N[C@H]1[C@@H]2CNC[C@@H]21. The van der Waals surface area contributed by atoms with Gasteiger partial charge in [0, 0.05) is 41.6 Å². The van der Waals surface area contributed by atoms with Crippen LogP contribution in [0.2, 0.25) is 0 Å². The molecule has 2 amide bonds. The predicted octanol–water partition coefficient (Wildman–Crippen LogP) is 1.53. The number of amides is 2. The Bertz CT molecular complexity index is 1160. The number of allylic oxidation sites excluding steroid dienone is 1. The van der Waals surface area contributed by atoms with Crippen molar-refractivity contribution in [2.24, 2.45) is 17.0 Å². The van der Waals surface area contributed by atoms with E-state index >= 15 is 0 Å². The molecule has 0 unspecified atom stereocenters. The van der Waals surface area contributed by atoms with E-state index in [2.05, 4.69) is 26.4 Å². The standard InChI is InChI=1S/C23H21N5O3/c29-18(27-20-14-9-24-10-15(14)20)11-31-28-21-13-6-2-4-8-17(13)25-22(21)19-12-5-1-3-7-16(12)26-23(19)30/h1-8,14-15,20,24-25H,9-11H2,(H,26,30)(H,27,29)/b22-19-,28-21+/t14-,15+,20+. The number of carbonyl (C=O) groups excluding carboxylic acids is 2. The van der Waals surface area contributed by atoms with E-state index in [9.17, 15) is 9.59 Å². The largest absolute Gasteiger partial charge is 0.385 e. The summed E-state index contributed by atoms with van der Waals surface area (Å²) >= 11 is 0. The van der Waals surface area contributed by atoms with Crippen molar-refractivity contribution in [1.29, 1.82) is 0 Å². The summed E-state index contributed by atoms with van der Waals surface area (Å²) in [6.07, 6.45) is 0. The summed E-state index contributed by atoms with van der Waals surface area (Å²) in [7, 11) is 0. The molecule has 1 aliphatic carbocycles. The van der Waals surface area contributed by atoms with E-state index in [0.717, 1.165) is 35.6 Å². The van der Waals surface area contributed by atoms with Gasteiger partial charge in [-0.15, -0.1) is 0 Å². The van der Waals surface area contributed by atoms with Crippen molar-refractivity contribution >= 4 is 34.5 Å². The number of oxime groups is 1. The Kier molecular flexibility index (Phi) is 4.07. The zero-order valence-electron chi connectivity index (χ0n) is 16.6. The van der Waals surface area contributed by atoms with Crippen LogP contribution >= 0.6 is 0 Å². The quantitative estimate of drug-likeness (QED) is 0.448. The van der Waals surface area contributed by atoms with Gasteiger partial charge in [0.05, 0.1) is 11.3 Å². The maximum atomic E-state index is 12.7. The lowest BCUT2D eigenvalue weighted by molar-refractivity contribution is -0.126. The molecule has 2 aromatic carbocycles. The molecule has 156 valence electrons. The lowest BCUT2D eigenvalue weighted by Gasteiger charge is -2.08. The van der Waals surface area contributed by atoms with Crippen LogP contribution in [0.5, 0.6) is 0 Å². The van der Waals surface area contributed by atoms with Gasteiger partial charge in [-0.25, -0.2) is 0 Å². The van der Waals surface area contributed by atoms with Crippen LogP contribution in [0.4, 0.5) is 11.4 Å². The summed E-state index contributed by atoms with van der Waals surface area (Å²) in [5, 5.41) is 16.8. The van der Waals surface area contributed by atoms with Gasteiger partial charge in [-0.3, -0.25) is 9.59 Å². The number of benzene rings is 2. The van der Waals surface area contributed by atoms with Gasteiger partial charge in [-0.05, 0) is 24.0 Å². The van der Waals surface area contributed by atoms with E-state index in [-0.39, 0.29) is 24.5 Å². The monoisotopic (exact) mass is 415 g/mol. The smallest absolute Gasteiger partial charge is 0.261 e. The highest BCUT2D eigenvalue weighted by Crippen LogP contribution is 2.41. The minimum absolute atomic E-state index is 0.166. The molecule has 1 saturated carbocycles. The van der Waals surface area contributed by atoms with Crippen molar-refractivity contribution in [2.45, 2.75) is 6.04 Å². The molecular formula is C23H21N5O3. The molecule has 4 N–H and O–H groups in total. The molecule has 0 radical (unpaired) electrons. The van der Waals surface area contributed by atoms with Crippen LogP contribution in [0.25, 0.3) is 5.57 Å². The molecule has 3 aliphatic heterocycles. The number of rotatable bonds is 4. The van der Waals surface area contributed by atoms with Crippen LogP contribution in [0.15, 0.2) is 59.4 Å². The molecule has 8 heteroatoms. The van der Waals surface area contributed by atoms with E-state index in [0.29, 0.717) is 28.8 Å². The van der Waals surface area contributed by atoms with E-state index < -0.39 is 0 Å². The molecule has 0 spiro atoms. The van der Waals surface area contributed by atoms with Gasteiger partial charge in [-0.1, -0.05) is 41.6 Å². The Morgan fingerprint density at radius 3 is 2.45 bits per heavy atom. The average molecular weight is 415 g/mol. The topological polar surface area (TPSA) is 104 Å². The minimum Gasteiger partial charge on any atom is -0.385 e. The number of para-hydroxylation sites is 2. The fourth-order valence-corrected chi connectivity index (χ4v) is 4.78. The lowest BCUT2D eigenvalue weighted by Crippen LogP contribution is -2.34. The highest BCUT2D eigenvalue weighted by Gasteiger charge is 2.53. The highest BCUT2D eigenvalue weighted by molar-refractivity contribution is 6.39. The minimum atomic E-state index is -0.198. The molecule has 4 aliphatic rings. The number of fused-ring (bicyclic) bond motifs is 3. The Labute approximate surface area is 178 Å². The van der Waals surface area contributed by atoms with E-state index in [1.54, 1.807) is 0 Å². The van der Waals surface area contributed by atoms with Crippen LogP contribution in [-0.2, 0) is 14.4 Å². The second-order valence-electron chi connectivity index (χ2n) is 8.21. The van der Waals surface area contributed by atoms with E-state index in [1.165, 1.54) is 0 Å². The first-order chi connectivity index (χ1) is 15.2. The summed E-state index contributed by atoms with van der Waals surface area (Å²) in [4.78, 5) is 30.5. The Balaban J connectivity index is 1.27. The maximum Gasteiger partial charge on any atom is 0.261 e. The zero-order valence-corrected chi connectivity index (χ0v) is 16.6. The summed E-state index contributed by atoms with van der Waals surface area (Å²) in [6, 6.07) is 15.4. The van der Waals surface area contributed by atoms with E-state index in [1.807, 2.05) is 48.5 Å². The molecule has 2 fully saturated rings. The fourth-order valence-electron chi connectivity index (χ4n) is 4.78. The summed E-state index contributed by atoms with van der Waals surface area (Å²) in [5.74, 6) is 0.703. The average Bonchev–Trinajstić information content (AvgIpc) is 3.15. The van der Waals surface area contributed by atoms with Crippen LogP contribution in [0.3, 0.4) is 0 Å². The molecule has 8 nitrogen and oxygen atoms in total. The normalized spacial score (nSPS) is 28.5. The van der Waals surface area contributed by atoms with Crippen molar-refractivity contribution in [3.8, 4) is 0 Å². The number of hydrogen-bond acceptors (Lipinski definition) is 6. The molecule has 0 aromatic heterocycles. The number of nitrogens with zero attached hydrogens (tertiary/aromatic N) is 1. The van der Waals surface area contributed by atoms with Gasteiger partial charge in [-0.2, -0.15) is 0 Å². The third kappa shape index (κ3) is 2.98. The molecule has 3 atom stereocenters. The first-order valence-electron chi connectivity index (χ1n) is 10.4. The lowest BCUT2D eigenvalue weighted by atomic mass is 10.0. The molecule has 0 bridgehead atoms. The third-order valence-corrected chi connectivity index (χ3v) is 6.37. The van der Waals surface area contributed by atoms with Gasteiger partial charge in [0.15, 0.2) is 6.61 Å². The van der Waals surface area contributed by atoms with Gasteiger partial charge in [0.25, 0.3) is 11.8 Å².